The van der Waals surface area contributed by atoms with Crippen LogP contribution < -0.4 is 5.32 Å². The summed E-state index contributed by atoms with van der Waals surface area (Å²) < 4.78 is 62.1. The smallest absolute Gasteiger partial charge is 0.463 e. The first-order valence-corrected chi connectivity index (χ1v) is 5.61. The number of halogens is 5. The standard InChI is InChI=1S/C13H8F5NO2/c14-12(15,13(16,17)18)11(21)19-9-5-1-4-8-7(9)3-2-6-10(8)20/h1-6,20H,(H,19,21). The minimum atomic E-state index is -5.98. The highest BCUT2D eigenvalue weighted by Crippen LogP contribution is 2.37. The van der Waals surface area contributed by atoms with Crippen molar-refractivity contribution in [2.45, 2.75) is 12.1 Å². The van der Waals surface area contributed by atoms with Crippen molar-refractivity contribution in [2.24, 2.45) is 0 Å². The summed E-state index contributed by atoms with van der Waals surface area (Å²) in [5.74, 6) is -8.18. The fraction of sp³-hybridized carbons (Fsp3) is 0.154. The topological polar surface area (TPSA) is 49.3 Å². The van der Waals surface area contributed by atoms with Gasteiger partial charge >= 0.3 is 18.0 Å². The number of benzene rings is 2. The van der Waals surface area contributed by atoms with Crippen molar-refractivity contribution in [3.8, 4) is 5.75 Å². The van der Waals surface area contributed by atoms with Crippen molar-refractivity contribution in [3.63, 3.8) is 0 Å². The Morgan fingerprint density at radius 1 is 0.952 bits per heavy atom. The number of anilines is 1. The van der Waals surface area contributed by atoms with Gasteiger partial charge in [0.25, 0.3) is 0 Å². The van der Waals surface area contributed by atoms with E-state index in [1.807, 2.05) is 0 Å². The molecule has 0 fully saturated rings. The molecule has 2 aromatic rings. The lowest BCUT2D eigenvalue weighted by Crippen LogP contribution is -2.47. The Morgan fingerprint density at radius 3 is 2.14 bits per heavy atom. The molecular formula is C13H8F5NO2. The van der Waals surface area contributed by atoms with Crippen LogP contribution in [0.3, 0.4) is 0 Å². The fourth-order valence-electron chi connectivity index (χ4n) is 1.73. The highest BCUT2D eigenvalue weighted by molar-refractivity contribution is 6.06. The second-order valence-electron chi connectivity index (χ2n) is 4.20. The third-order valence-electron chi connectivity index (χ3n) is 2.79. The third kappa shape index (κ3) is 2.61. The van der Waals surface area contributed by atoms with E-state index in [-0.39, 0.29) is 22.2 Å². The zero-order chi connectivity index (χ0) is 15.8. The second kappa shape index (κ2) is 4.87. The molecule has 2 N–H and O–H groups in total. The SMILES string of the molecule is O=C(Nc1cccc2c(O)cccc12)C(F)(F)C(F)(F)F. The van der Waals surface area contributed by atoms with Crippen LogP contribution in [-0.2, 0) is 4.79 Å². The number of hydrogen-bond acceptors (Lipinski definition) is 2. The summed E-state index contributed by atoms with van der Waals surface area (Å²) in [5, 5.41) is 11.5. The molecule has 21 heavy (non-hydrogen) atoms. The Bertz CT molecular complexity index is 697. The van der Waals surface area contributed by atoms with Crippen molar-refractivity contribution in [1.82, 2.24) is 0 Å². The van der Waals surface area contributed by atoms with Crippen LogP contribution in [0.25, 0.3) is 10.8 Å². The summed E-state index contributed by atoms with van der Waals surface area (Å²) in [6.45, 7) is 0. The monoisotopic (exact) mass is 305 g/mol. The van der Waals surface area contributed by atoms with Crippen LogP contribution in [0.15, 0.2) is 36.4 Å². The van der Waals surface area contributed by atoms with Gasteiger partial charge in [-0.25, -0.2) is 0 Å². The van der Waals surface area contributed by atoms with E-state index < -0.39 is 18.0 Å². The van der Waals surface area contributed by atoms with Gasteiger partial charge < -0.3 is 10.4 Å². The summed E-state index contributed by atoms with van der Waals surface area (Å²) in [7, 11) is 0. The van der Waals surface area contributed by atoms with E-state index in [0.29, 0.717) is 0 Å². The number of phenolic OH excluding ortho intramolecular Hbond substituents is 1. The van der Waals surface area contributed by atoms with Gasteiger partial charge in [0.15, 0.2) is 0 Å². The summed E-state index contributed by atoms with van der Waals surface area (Å²) in [4.78, 5) is 11.2. The Labute approximate surface area is 115 Å². The molecule has 0 atom stereocenters. The molecule has 3 nitrogen and oxygen atoms in total. The van der Waals surface area contributed by atoms with Crippen LogP contribution in [0.1, 0.15) is 0 Å². The lowest BCUT2D eigenvalue weighted by Gasteiger charge is -2.19. The molecule has 112 valence electrons. The van der Waals surface area contributed by atoms with Crippen molar-refractivity contribution >= 4 is 22.4 Å². The maximum atomic E-state index is 12.9. The van der Waals surface area contributed by atoms with Gasteiger partial charge in [-0.1, -0.05) is 24.3 Å². The van der Waals surface area contributed by atoms with Crippen LogP contribution in [-0.4, -0.2) is 23.1 Å². The van der Waals surface area contributed by atoms with Gasteiger partial charge in [-0.15, -0.1) is 0 Å². The van der Waals surface area contributed by atoms with Gasteiger partial charge in [-0.3, -0.25) is 4.79 Å². The maximum Gasteiger partial charge on any atom is 0.463 e. The number of alkyl halides is 5. The third-order valence-corrected chi connectivity index (χ3v) is 2.79. The second-order valence-corrected chi connectivity index (χ2v) is 4.20. The van der Waals surface area contributed by atoms with Gasteiger partial charge in [0, 0.05) is 16.5 Å². The first-order chi connectivity index (χ1) is 9.64. The fourth-order valence-corrected chi connectivity index (χ4v) is 1.73. The molecule has 8 heteroatoms. The molecule has 2 rings (SSSR count). The first-order valence-electron chi connectivity index (χ1n) is 5.61. The average Bonchev–Trinajstić information content (AvgIpc) is 2.38. The van der Waals surface area contributed by atoms with Crippen molar-refractivity contribution in [2.75, 3.05) is 5.32 Å². The molecule has 0 aliphatic rings. The maximum absolute atomic E-state index is 12.9. The van der Waals surface area contributed by atoms with Crippen LogP contribution in [0.4, 0.5) is 27.6 Å². The number of phenols is 1. The molecule has 0 heterocycles. The molecule has 0 saturated heterocycles. The Hall–Kier alpha value is -2.38. The van der Waals surface area contributed by atoms with E-state index in [2.05, 4.69) is 0 Å². The van der Waals surface area contributed by atoms with Crippen molar-refractivity contribution < 1.29 is 31.9 Å². The molecule has 0 aliphatic heterocycles. The number of carbonyl (C=O) groups excluding carboxylic acids is 1. The van der Waals surface area contributed by atoms with Crippen molar-refractivity contribution in [1.29, 1.82) is 0 Å². The van der Waals surface area contributed by atoms with E-state index in [4.69, 9.17) is 0 Å². The molecular weight excluding hydrogens is 297 g/mol. The molecule has 0 spiro atoms. The molecule has 0 aromatic heterocycles. The van der Waals surface area contributed by atoms with E-state index in [0.717, 1.165) is 6.07 Å². The van der Waals surface area contributed by atoms with Crippen LogP contribution in [0, 0.1) is 0 Å². The van der Waals surface area contributed by atoms with Gasteiger partial charge in [-0.2, -0.15) is 22.0 Å². The number of carbonyl (C=O) groups is 1. The highest BCUT2D eigenvalue weighted by atomic mass is 19.4. The molecule has 0 aliphatic carbocycles. The Balaban J connectivity index is 2.42. The quantitative estimate of drug-likeness (QED) is 0.832. The van der Waals surface area contributed by atoms with Crippen LogP contribution >= 0.6 is 0 Å². The minimum absolute atomic E-state index is 0.142. The number of nitrogens with one attached hydrogen (secondary N) is 1. The average molecular weight is 305 g/mol. The summed E-state index contributed by atoms with van der Waals surface area (Å²) in [6.07, 6.45) is -5.98. The zero-order valence-corrected chi connectivity index (χ0v) is 10.2. The highest BCUT2D eigenvalue weighted by Gasteiger charge is 2.63. The number of hydrogen-bond donors (Lipinski definition) is 2. The van der Waals surface area contributed by atoms with Gasteiger partial charge in [-0.05, 0) is 12.1 Å². The molecule has 0 radical (unpaired) electrons. The predicted octanol–water partition coefficient (Wildman–Crippen LogP) is 3.68. The normalized spacial score (nSPS) is 12.4. The lowest BCUT2D eigenvalue weighted by atomic mass is 10.1. The molecule has 2 aromatic carbocycles. The van der Waals surface area contributed by atoms with E-state index in [1.165, 1.54) is 35.6 Å². The number of aromatic hydroxyl groups is 1. The largest absolute Gasteiger partial charge is 0.507 e. The Kier molecular flexibility index (Phi) is 3.48. The number of rotatable bonds is 2. The number of fused-ring (bicyclic) bond motifs is 1. The summed E-state index contributed by atoms with van der Waals surface area (Å²) in [6, 6.07) is 7.96. The van der Waals surface area contributed by atoms with Gasteiger partial charge in [0.1, 0.15) is 5.75 Å². The van der Waals surface area contributed by atoms with Crippen LogP contribution in [0.2, 0.25) is 0 Å². The minimum Gasteiger partial charge on any atom is -0.507 e. The number of amides is 1. The molecule has 0 unspecified atom stereocenters. The first kappa shape index (κ1) is 15.0. The molecule has 0 bridgehead atoms. The van der Waals surface area contributed by atoms with E-state index in [9.17, 15) is 31.9 Å². The van der Waals surface area contributed by atoms with Crippen LogP contribution in [0.5, 0.6) is 5.75 Å². The molecule has 1 amide bonds. The van der Waals surface area contributed by atoms with Gasteiger partial charge in [0.2, 0.25) is 0 Å². The Morgan fingerprint density at radius 2 is 1.52 bits per heavy atom. The lowest BCUT2D eigenvalue weighted by molar-refractivity contribution is -0.267. The van der Waals surface area contributed by atoms with Gasteiger partial charge in [0.05, 0.1) is 0 Å². The molecule has 0 saturated carbocycles. The summed E-state index contributed by atoms with van der Waals surface area (Å²) in [5.41, 5.74) is -0.252. The van der Waals surface area contributed by atoms with E-state index in [1.54, 1.807) is 0 Å². The van der Waals surface area contributed by atoms with Crippen molar-refractivity contribution in [3.05, 3.63) is 36.4 Å². The summed E-state index contributed by atoms with van der Waals surface area (Å²) >= 11 is 0. The zero-order valence-electron chi connectivity index (χ0n) is 10.2. The van der Waals surface area contributed by atoms with E-state index >= 15 is 0 Å². The predicted molar refractivity (Wildman–Crippen MR) is 65.2 cm³/mol.